The van der Waals surface area contributed by atoms with E-state index >= 15 is 0 Å². The normalized spacial score (nSPS) is 14.7. The van der Waals surface area contributed by atoms with Crippen molar-refractivity contribution in [2.75, 3.05) is 10.6 Å². The van der Waals surface area contributed by atoms with Crippen LogP contribution in [0.4, 0.5) is 24.9 Å². The van der Waals surface area contributed by atoms with Gasteiger partial charge in [0.25, 0.3) is 0 Å². The second kappa shape index (κ2) is 10.3. The maximum absolute atomic E-state index is 13.1. The summed E-state index contributed by atoms with van der Waals surface area (Å²) in [7, 11) is 0. The summed E-state index contributed by atoms with van der Waals surface area (Å²) in [6.07, 6.45) is -1.14. The number of hydrogen-bond donors (Lipinski definition) is 3. The Bertz CT molecular complexity index is 1430. The first-order chi connectivity index (χ1) is 18.2. The zero-order chi connectivity index (χ0) is 26.9. The number of nitrogens with zero attached hydrogens (tertiary/aromatic N) is 4. The molecule has 198 valence electrons. The van der Waals surface area contributed by atoms with E-state index in [0.29, 0.717) is 35.3 Å². The average molecular weight is 525 g/mol. The number of anilines is 2. The molecule has 3 N–H and O–H groups in total. The van der Waals surface area contributed by atoms with Crippen molar-refractivity contribution in [2.45, 2.75) is 51.5 Å². The number of fused-ring (bicyclic) bond motifs is 1. The minimum Gasteiger partial charge on any atom is -0.475 e. The third-order valence-corrected chi connectivity index (χ3v) is 6.93. The van der Waals surface area contributed by atoms with Crippen LogP contribution in [0.2, 0.25) is 0 Å². The van der Waals surface area contributed by atoms with Crippen LogP contribution in [0.3, 0.4) is 0 Å². The van der Waals surface area contributed by atoms with E-state index in [0.717, 1.165) is 37.0 Å². The lowest BCUT2D eigenvalue weighted by Gasteiger charge is -2.32. The van der Waals surface area contributed by atoms with Crippen molar-refractivity contribution in [3.05, 3.63) is 77.1 Å². The van der Waals surface area contributed by atoms with Gasteiger partial charge >= 0.3 is 12.1 Å². The van der Waals surface area contributed by atoms with Gasteiger partial charge in [0.15, 0.2) is 11.5 Å². The first-order valence-corrected chi connectivity index (χ1v) is 12.4. The minimum atomic E-state index is -4.43. The van der Waals surface area contributed by atoms with E-state index < -0.39 is 17.7 Å². The van der Waals surface area contributed by atoms with Gasteiger partial charge in [-0.25, -0.2) is 14.8 Å². The van der Waals surface area contributed by atoms with Crippen molar-refractivity contribution in [1.82, 2.24) is 19.5 Å². The molecule has 1 unspecified atom stereocenters. The van der Waals surface area contributed by atoms with Gasteiger partial charge in [0.1, 0.15) is 5.52 Å². The van der Waals surface area contributed by atoms with E-state index in [1.165, 1.54) is 12.1 Å². The Hall–Kier alpha value is -4.15. The van der Waals surface area contributed by atoms with Crippen LogP contribution in [0.1, 0.15) is 53.5 Å². The highest BCUT2D eigenvalue weighted by molar-refractivity contribution is 5.91. The fraction of sp³-hybridized carbons (Fsp3) is 0.333. The number of carboxylic acids is 1. The number of rotatable bonds is 9. The lowest BCUT2D eigenvalue weighted by atomic mass is 9.80. The predicted octanol–water partition coefficient (Wildman–Crippen LogP) is 5.80. The molecule has 0 saturated heterocycles. The molecule has 11 heteroatoms. The monoisotopic (exact) mass is 524 g/mol. The highest BCUT2D eigenvalue weighted by Gasteiger charge is 2.30. The summed E-state index contributed by atoms with van der Waals surface area (Å²) in [5.41, 5.74) is 1.54. The van der Waals surface area contributed by atoms with Crippen LogP contribution >= 0.6 is 0 Å². The van der Waals surface area contributed by atoms with Gasteiger partial charge in [-0.15, -0.1) is 0 Å². The molecule has 1 saturated carbocycles. The van der Waals surface area contributed by atoms with Crippen LogP contribution < -0.4 is 10.6 Å². The van der Waals surface area contributed by atoms with Crippen LogP contribution in [0, 0.1) is 5.92 Å². The van der Waals surface area contributed by atoms with Crippen molar-refractivity contribution < 1.29 is 23.1 Å². The molecule has 8 nitrogen and oxygen atoms in total. The number of imidazole rings is 1. The average Bonchev–Trinajstić information content (AvgIpc) is 3.19. The molecule has 2 aromatic carbocycles. The Morgan fingerprint density at radius 2 is 1.76 bits per heavy atom. The number of halogens is 3. The second-order valence-electron chi connectivity index (χ2n) is 9.55. The van der Waals surface area contributed by atoms with Crippen LogP contribution in [-0.4, -0.2) is 36.6 Å². The quantitative estimate of drug-likeness (QED) is 0.254. The van der Waals surface area contributed by atoms with E-state index in [4.69, 9.17) is 0 Å². The molecule has 0 amide bonds. The predicted molar refractivity (Wildman–Crippen MR) is 137 cm³/mol. The fourth-order valence-electron chi connectivity index (χ4n) is 4.55. The van der Waals surface area contributed by atoms with Crippen LogP contribution in [0.5, 0.6) is 0 Å². The van der Waals surface area contributed by atoms with Gasteiger partial charge in [-0.2, -0.15) is 18.2 Å². The summed E-state index contributed by atoms with van der Waals surface area (Å²) < 4.78 is 41.1. The van der Waals surface area contributed by atoms with E-state index in [1.807, 2.05) is 37.3 Å². The van der Waals surface area contributed by atoms with Gasteiger partial charge in [0.2, 0.25) is 11.8 Å². The molecule has 0 bridgehead atoms. The van der Waals surface area contributed by atoms with Crippen molar-refractivity contribution in [3.8, 4) is 0 Å². The van der Waals surface area contributed by atoms with Crippen molar-refractivity contribution in [1.29, 1.82) is 0 Å². The van der Waals surface area contributed by atoms with Crippen molar-refractivity contribution in [2.24, 2.45) is 5.92 Å². The van der Waals surface area contributed by atoms with E-state index in [9.17, 15) is 23.1 Å². The van der Waals surface area contributed by atoms with Crippen molar-refractivity contribution >= 4 is 28.9 Å². The summed E-state index contributed by atoms with van der Waals surface area (Å²) in [6, 6.07) is 14.6. The maximum Gasteiger partial charge on any atom is 0.416 e. The Morgan fingerprint density at radius 1 is 1.05 bits per heavy atom. The molecule has 0 spiro atoms. The van der Waals surface area contributed by atoms with Gasteiger partial charge in [-0.1, -0.05) is 48.9 Å². The number of nitrogens with one attached hydrogen (secondary N) is 2. The first kappa shape index (κ1) is 25.5. The van der Waals surface area contributed by atoms with Gasteiger partial charge in [0, 0.05) is 12.6 Å². The van der Waals surface area contributed by atoms with Crippen LogP contribution in [0.25, 0.3) is 11.2 Å². The SMILES string of the molecule is CC(Nc1nc(C(=O)O)nc2nc(NCc3ccccc3)n(Cc3ccc(C(F)(F)F)cc3)c12)C1CCC1. The Labute approximate surface area is 217 Å². The number of hydrogen-bond acceptors (Lipinski definition) is 6. The summed E-state index contributed by atoms with van der Waals surface area (Å²) in [5, 5.41) is 16.3. The minimum absolute atomic E-state index is 0.0404. The summed E-state index contributed by atoms with van der Waals surface area (Å²) in [4.78, 5) is 24.9. The Morgan fingerprint density at radius 3 is 2.37 bits per heavy atom. The molecule has 38 heavy (non-hydrogen) atoms. The number of alkyl halides is 3. The van der Waals surface area contributed by atoms with Crippen LogP contribution in [0.15, 0.2) is 54.6 Å². The summed E-state index contributed by atoms with van der Waals surface area (Å²) in [5.74, 6) is -0.480. The lowest BCUT2D eigenvalue weighted by molar-refractivity contribution is -0.137. The molecule has 5 rings (SSSR count). The number of aromatic nitrogens is 4. The molecule has 1 aliphatic rings. The van der Waals surface area contributed by atoms with Crippen molar-refractivity contribution in [3.63, 3.8) is 0 Å². The largest absolute Gasteiger partial charge is 0.475 e. The maximum atomic E-state index is 13.1. The van der Waals surface area contributed by atoms with E-state index in [-0.39, 0.29) is 24.1 Å². The first-order valence-electron chi connectivity index (χ1n) is 12.4. The van der Waals surface area contributed by atoms with E-state index in [2.05, 4.69) is 25.6 Å². The fourth-order valence-corrected chi connectivity index (χ4v) is 4.55. The van der Waals surface area contributed by atoms with Gasteiger partial charge in [-0.05, 0) is 48.9 Å². The number of carbonyl (C=O) groups is 1. The number of benzene rings is 2. The topological polar surface area (TPSA) is 105 Å². The highest BCUT2D eigenvalue weighted by atomic mass is 19.4. The third kappa shape index (κ3) is 5.41. The van der Waals surface area contributed by atoms with Gasteiger partial charge in [0.05, 0.1) is 12.1 Å². The molecular weight excluding hydrogens is 497 g/mol. The standard InChI is InChI=1S/C27H27F3N6O2/c1-16(19-8-5-9-19)32-22-21-23(34-24(33-22)25(37)38)35-26(31-14-17-6-3-2-4-7-17)36(21)15-18-10-12-20(13-11-18)27(28,29)30/h2-4,6-7,10-13,16,19H,5,8-9,14-15H2,1H3,(H,37,38)(H2,31,32,33,34,35). The summed E-state index contributed by atoms with van der Waals surface area (Å²) in [6.45, 7) is 2.63. The molecule has 0 radical (unpaired) electrons. The van der Waals surface area contributed by atoms with Gasteiger partial charge in [-0.3, -0.25) is 0 Å². The number of carboxylic acid groups (broad SMARTS) is 1. The highest BCUT2D eigenvalue weighted by Crippen LogP contribution is 2.34. The molecule has 1 atom stereocenters. The summed E-state index contributed by atoms with van der Waals surface area (Å²) >= 11 is 0. The molecule has 4 aromatic rings. The molecule has 1 aliphatic carbocycles. The lowest BCUT2D eigenvalue weighted by Crippen LogP contribution is -2.31. The third-order valence-electron chi connectivity index (χ3n) is 6.93. The molecular formula is C27H27F3N6O2. The molecule has 0 aliphatic heterocycles. The second-order valence-corrected chi connectivity index (χ2v) is 9.55. The van der Waals surface area contributed by atoms with Crippen LogP contribution in [-0.2, 0) is 19.3 Å². The van der Waals surface area contributed by atoms with E-state index in [1.54, 1.807) is 4.57 Å². The molecule has 2 heterocycles. The number of aromatic carboxylic acids is 1. The Balaban J connectivity index is 1.58. The smallest absolute Gasteiger partial charge is 0.416 e. The Kier molecular flexibility index (Phi) is 6.92. The molecule has 1 fully saturated rings. The zero-order valence-corrected chi connectivity index (χ0v) is 20.7. The zero-order valence-electron chi connectivity index (χ0n) is 20.7. The molecule has 2 aromatic heterocycles. The van der Waals surface area contributed by atoms with Gasteiger partial charge < -0.3 is 20.3 Å².